The van der Waals surface area contributed by atoms with E-state index in [0.29, 0.717) is 22.8 Å². The van der Waals surface area contributed by atoms with Gasteiger partial charge in [0.2, 0.25) is 0 Å². The number of benzene rings is 2. The van der Waals surface area contributed by atoms with Gasteiger partial charge in [0.15, 0.2) is 17.4 Å². The van der Waals surface area contributed by atoms with Gasteiger partial charge in [-0.1, -0.05) is 11.6 Å². The van der Waals surface area contributed by atoms with E-state index in [2.05, 4.69) is 9.97 Å². The summed E-state index contributed by atoms with van der Waals surface area (Å²) in [5, 5.41) is 9.37. The molecule has 0 saturated heterocycles. The van der Waals surface area contributed by atoms with Crippen molar-refractivity contribution < 1.29 is 19.0 Å². The molecule has 0 aliphatic carbocycles. The van der Waals surface area contributed by atoms with Gasteiger partial charge in [0, 0.05) is 29.3 Å². The van der Waals surface area contributed by atoms with Crippen molar-refractivity contribution in [2.45, 2.75) is 6.42 Å². The molecule has 2 aromatic carbocycles. The van der Waals surface area contributed by atoms with Gasteiger partial charge in [0.1, 0.15) is 11.4 Å². The van der Waals surface area contributed by atoms with Crippen LogP contribution >= 0.6 is 11.6 Å². The monoisotopic (exact) mass is 387 g/mol. The number of nitrogens with two attached hydrogens (primary N) is 1. The largest absolute Gasteiger partial charge is 0.454 e. The minimum absolute atomic E-state index is 0.0457. The zero-order chi connectivity index (χ0) is 19.4. The predicted octanol–water partition coefficient (Wildman–Crippen LogP) is 3.36. The number of rotatable bonds is 6. The van der Waals surface area contributed by atoms with Crippen LogP contribution in [0.5, 0.6) is 11.5 Å². The number of aliphatic hydroxyl groups excluding tert-OH is 1. The van der Waals surface area contributed by atoms with Gasteiger partial charge in [0.25, 0.3) is 5.91 Å². The molecule has 0 aliphatic heterocycles. The number of carbonyl (C=O) groups excluding carboxylic acids is 1. The van der Waals surface area contributed by atoms with Crippen molar-refractivity contribution >= 4 is 17.5 Å². The van der Waals surface area contributed by atoms with Crippen LogP contribution in [0.1, 0.15) is 16.2 Å². The first-order valence-corrected chi connectivity index (χ1v) is 8.36. The maximum Gasteiger partial charge on any atom is 0.267 e. The standard InChI is InChI=1S/C19H15ClFN3O3/c20-12-3-6-17(15(21)9-12)27-14-4-1-11(2-5-14)19-23-13(7-8-25)10-16(24-19)18(22)26/h1-6,9-10,25H,7-8H2,(H2,22,26). The molecule has 0 saturated carbocycles. The molecule has 1 amide bonds. The summed E-state index contributed by atoms with van der Waals surface area (Å²) in [5.74, 6) is -0.515. The topological polar surface area (TPSA) is 98.3 Å². The highest BCUT2D eigenvalue weighted by atomic mass is 35.5. The molecule has 1 aromatic heterocycles. The number of ether oxygens (including phenoxy) is 1. The summed E-state index contributed by atoms with van der Waals surface area (Å²) < 4.78 is 19.3. The number of carbonyl (C=O) groups is 1. The van der Waals surface area contributed by atoms with E-state index in [0.717, 1.165) is 6.07 Å². The first-order chi connectivity index (χ1) is 13.0. The normalized spacial score (nSPS) is 10.6. The van der Waals surface area contributed by atoms with E-state index in [1.807, 2.05) is 0 Å². The van der Waals surface area contributed by atoms with Crippen molar-refractivity contribution in [2.75, 3.05) is 6.61 Å². The summed E-state index contributed by atoms with van der Waals surface area (Å²) in [6, 6.07) is 12.2. The Labute approximate surface area is 159 Å². The van der Waals surface area contributed by atoms with Crippen molar-refractivity contribution in [1.29, 1.82) is 0 Å². The maximum atomic E-state index is 13.8. The van der Waals surface area contributed by atoms with E-state index in [-0.39, 0.29) is 29.5 Å². The minimum atomic E-state index is -0.684. The van der Waals surface area contributed by atoms with E-state index >= 15 is 0 Å². The molecule has 27 heavy (non-hydrogen) atoms. The minimum Gasteiger partial charge on any atom is -0.454 e. The molecule has 3 N–H and O–H groups in total. The maximum absolute atomic E-state index is 13.8. The number of nitrogens with zero attached hydrogens (tertiary/aromatic N) is 2. The van der Waals surface area contributed by atoms with Crippen LogP contribution < -0.4 is 10.5 Å². The first-order valence-electron chi connectivity index (χ1n) is 7.98. The summed E-state index contributed by atoms with van der Waals surface area (Å²) in [5.41, 5.74) is 6.48. The van der Waals surface area contributed by atoms with Gasteiger partial charge in [-0.05, 0) is 48.5 Å². The van der Waals surface area contributed by atoms with Crippen LogP contribution in [0.4, 0.5) is 4.39 Å². The van der Waals surface area contributed by atoms with E-state index in [9.17, 15) is 9.18 Å². The molecule has 6 nitrogen and oxygen atoms in total. The fraction of sp³-hybridized carbons (Fsp3) is 0.105. The Kier molecular flexibility index (Phi) is 5.63. The van der Waals surface area contributed by atoms with Crippen LogP contribution in [-0.2, 0) is 6.42 Å². The summed E-state index contributed by atoms with van der Waals surface area (Å²) in [6.07, 6.45) is 0.271. The number of hydrogen-bond donors (Lipinski definition) is 2. The summed E-state index contributed by atoms with van der Waals surface area (Å²) >= 11 is 5.72. The Bertz CT molecular complexity index is 980. The third kappa shape index (κ3) is 4.58. The Morgan fingerprint density at radius 2 is 1.89 bits per heavy atom. The molecular formula is C19H15ClFN3O3. The molecular weight excluding hydrogens is 373 g/mol. The summed E-state index contributed by atoms with van der Waals surface area (Å²) in [7, 11) is 0. The van der Waals surface area contributed by atoms with Crippen LogP contribution in [0.2, 0.25) is 5.02 Å². The Morgan fingerprint density at radius 1 is 1.15 bits per heavy atom. The molecule has 0 atom stereocenters. The lowest BCUT2D eigenvalue weighted by Crippen LogP contribution is -2.15. The van der Waals surface area contributed by atoms with Crippen LogP contribution in [0.15, 0.2) is 48.5 Å². The Morgan fingerprint density at radius 3 is 2.52 bits per heavy atom. The summed E-state index contributed by atoms with van der Waals surface area (Å²) in [4.78, 5) is 19.9. The molecule has 0 aliphatic rings. The third-order valence-corrected chi connectivity index (χ3v) is 3.87. The van der Waals surface area contributed by atoms with Crippen molar-refractivity contribution in [3.8, 4) is 22.9 Å². The Balaban J connectivity index is 1.87. The van der Waals surface area contributed by atoms with Crippen LogP contribution in [0.3, 0.4) is 0 Å². The van der Waals surface area contributed by atoms with Crippen molar-refractivity contribution in [3.05, 3.63) is 70.8 Å². The van der Waals surface area contributed by atoms with Gasteiger partial charge < -0.3 is 15.6 Å². The molecule has 0 radical (unpaired) electrons. The number of aliphatic hydroxyl groups is 1. The third-order valence-electron chi connectivity index (χ3n) is 3.63. The SMILES string of the molecule is NC(=O)c1cc(CCO)nc(-c2ccc(Oc3ccc(Cl)cc3F)cc2)n1. The van der Waals surface area contributed by atoms with Gasteiger partial charge in [-0.3, -0.25) is 4.79 Å². The fourth-order valence-electron chi connectivity index (χ4n) is 2.35. The molecule has 3 aromatic rings. The van der Waals surface area contributed by atoms with Crippen LogP contribution in [0, 0.1) is 5.82 Å². The van der Waals surface area contributed by atoms with Gasteiger partial charge >= 0.3 is 0 Å². The molecule has 0 unspecified atom stereocenters. The molecule has 8 heteroatoms. The molecule has 0 bridgehead atoms. The van der Waals surface area contributed by atoms with Crippen LogP contribution in [0.25, 0.3) is 11.4 Å². The van der Waals surface area contributed by atoms with Crippen LogP contribution in [-0.4, -0.2) is 27.6 Å². The number of halogens is 2. The molecule has 0 fully saturated rings. The number of primary amides is 1. The smallest absolute Gasteiger partial charge is 0.267 e. The lowest BCUT2D eigenvalue weighted by atomic mass is 10.1. The molecule has 1 heterocycles. The highest BCUT2D eigenvalue weighted by Gasteiger charge is 2.11. The number of hydrogen-bond acceptors (Lipinski definition) is 5. The second-order valence-electron chi connectivity index (χ2n) is 5.61. The summed E-state index contributed by atoms with van der Waals surface area (Å²) in [6.45, 7) is -0.117. The predicted molar refractivity (Wildman–Crippen MR) is 98.3 cm³/mol. The quantitative estimate of drug-likeness (QED) is 0.675. The average Bonchev–Trinajstić information content (AvgIpc) is 2.64. The zero-order valence-corrected chi connectivity index (χ0v) is 14.8. The van der Waals surface area contributed by atoms with Gasteiger partial charge in [-0.15, -0.1) is 0 Å². The molecule has 3 rings (SSSR count). The number of aromatic nitrogens is 2. The lowest BCUT2D eigenvalue weighted by Gasteiger charge is -2.09. The first kappa shape index (κ1) is 18.8. The second kappa shape index (κ2) is 8.11. The van der Waals surface area contributed by atoms with Gasteiger partial charge in [-0.2, -0.15) is 0 Å². The van der Waals surface area contributed by atoms with Gasteiger partial charge in [-0.25, -0.2) is 14.4 Å². The second-order valence-corrected chi connectivity index (χ2v) is 6.04. The van der Waals surface area contributed by atoms with E-state index < -0.39 is 11.7 Å². The molecule has 138 valence electrons. The van der Waals surface area contributed by atoms with Gasteiger partial charge in [0.05, 0.1) is 0 Å². The van der Waals surface area contributed by atoms with E-state index in [4.69, 9.17) is 27.2 Å². The highest BCUT2D eigenvalue weighted by molar-refractivity contribution is 6.30. The number of amides is 1. The molecule has 0 spiro atoms. The van der Waals surface area contributed by atoms with E-state index in [1.54, 1.807) is 24.3 Å². The zero-order valence-electron chi connectivity index (χ0n) is 14.0. The lowest BCUT2D eigenvalue weighted by molar-refractivity contribution is 0.0995. The van der Waals surface area contributed by atoms with E-state index in [1.165, 1.54) is 18.2 Å². The van der Waals surface area contributed by atoms with Crippen molar-refractivity contribution in [2.24, 2.45) is 5.73 Å². The van der Waals surface area contributed by atoms with Crippen molar-refractivity contribution in [3.63, 3.8) is 0 Å². The highest BCUT2D eigenvalue weighted by Crippen LogP contribution is 2.28. The Hall–Kier alpha value is -3.03. The average molecular weight is 388 g/mol. The van der Waals surface area contributed by atoms with Crippen molar-refractivity contribution in [1.82, 2.24) is 9.97 Å². The fourth-order valence-corrected chi connectivity index (χ4v) is 2.51.